The summed E-state index contributed by atoms with van der Waals surface area (Å²) in [5, 5.41) is 8.89. The third kappa shape index (κ3) is 41.4. The van der Waals surface area contributed by atoms with Crippen molar-refractivity contribution < 1.29 is 42.7 Å². The molecule has 57 heavy (non-hydrogen) atoms. The van der Waals surface area contributed by atoms with E-state index in [1.54, 1.807) is 0 Å². The molecule has 0 heterocycles. The van der Waals surface area contributed by atoms with E-state index in [4.69, 9.17) is 29.4 Å². The summed E-state index contributed by atoms with van der Waals surface area (Å²) in [7, 11) is -4.64. The van der Waals surface area contributed by atoms with Gasteiger partial charge in [0.25, 0.3) is 0 Å². The summed E-state index contributed by atoms with van der Waals surface area (Å²) in [5.74, 6) is -1.87. The number of unbranched alkanes of at least 4 members (excludes halogenated alkanes) is 15. The number of carboxylic acids is 1. The van der Waals surface area contributed by atoms with E-state index in [1.807, 2.05) is 12.2 Å². The number of hydrogen-bond acceptors (Lipinski definition) is 8. The number of nitrogens with two attached hydrogens (primary N) is 1. The van der Waals surface area contributed by atoms with E-state index in [0.717, 1.165) is 51.4 Å². The normalized spacial score (nSPS) is 14.6. The van der Waals surface area contributed by atoms with E-state index in [-0.39, 0.29) is 13.0 Å². The minimum absolute atomic E-state index is 0.0174. The smallest absolute Gasteiger partial charge is 0.472 e. The first kappa shape index (κ1) is 54.4. The number of hydrogen-bond donors (Lipinski definition) is 3. The van der Waals surface area contributed by atoms with Crippen molar-refractivity contribution in [2.75, 3.05) is 26.4 Å². The molecule has 4 N–H and O–H groups in total. The van der Waals surface area contributed by atoms with Gasteiger partial charge in [-0.15, -0.1) is 0 Å². The van der Waals surface area contributed by atoms with Gasteiger partial charge < -0.3 is 25.2 Å². The second kappa shape index (κ2) is 41.6. The number of allylic oxidation sites excluding steroid dienone is 12. The summed E-state index contributed by atoms with van der Waals surface area (Å²) in [5.41, 5.74) is 5.35. The molecule has 11 heteroatoms. The number of phosphoric acid groups is 1. The lowest BCUT2D eigenvalue weighted by Gasteiger charge is -2.20. The van der Waals surface area contributed by atoms with Crippen LogP contribution in [0.3, 0.4) is 0 Å². The van der Waals surface area contributed by atoms with Gasteiger partial charge in [-0.1, -0.05) is 164 Å². The molecule has 328 valence electrons. The van der Waals surface area contributed by atoms with Crippen LogP contribution < -0.4 is 5.73 Å². The highest BCUT2D eigenvalue weighted by atomic mass is 31.2. The van der Waals surface area contributed by atoms with Crippen LogP contribution in [0.1, 0.15) is 168 Å². The van der Waals surface area contributed by atoms with Crippen LogP contribution in [0.5, 0.6) is 0 Å². The lowest BCUT2D eigenvalue weighted by Crippen LogP contribution is -2.34. The number of phosphoric ester groups is 1. The van der Waals surface area contributed by atoms with E-state index in [0.29, 0.717) is 13.0 Å². The van der Waals surface area contributed by atoms with Crippen LogP contribution in [-0.2, 0) is 32.7 Å². The number of rotatable bonds is 41. The van der Waals surface area contributed by atoms with Crippen molar-refractivity contribution in [1.82, 2.24) is 0 Å². The van der Waals surface area contributed by atoms with Crippen LogP contribution in [-0.4, -0.2) is 60.5 Å². The molecular weight excluding hydrogens is 741 g/mol. The van der Waals surface area contributed by atoms with Crippen LogP contribution in [0.2, 0.25) is 0 Å². The summed E-state index contributed by atoms with van der Waals surface area (Å²) in [6.07, 6.45) is 51.2. The molecule has 0 aliphatic carbocycles. The molecule has 0 aliphatic heterocycles. The van der Waals surface area contributed by atoms with E-state index in [1.165, 1.54) is 89.9 Å². The van der Waals surface area contributed by atoms with Gasteiger partial charge in [0.1, 0.15) is 12.1 Å². The molecule has 0 saturated carbocycles. The van der Waals surface area contributed by atoms with Gasteiger partial charge in [0.2, 0.25) is 0 Å². The Balaban J connectivity index is 4.25. The van der Waals surface area contributed by atoms with E-state index < -0.39 is 45.1 Å². The number of carbonyl (C=O) groups excluding carboxylic acids is 1. The molecule has 0 aliphatic rings. The highest BCUT2D eigenvalue weighted by Crippen LogP contribution is 2.43. The van der Waals surface area contributed by atoms with Gasteiger partial charge >= 0.3 is 19.8 Å². The number of esters is 1. The second-order valence-electron chi connectivity index (χ2n) is 14.4. The van der Waals surface area contributed by atoms with Crippen molar-refractivity contribution in [3.8, 4) is 0 Å². The van der Waals surface area contributed by atoms with E-state index >= 15 is 0 Å². The average Bonchev–Trinajstić information content (AvgIpc) is 3.19. The predicted octanol–water partition coefficient (Wildman–Crippen LogP) is 12.2. The topological polar surface area (TPSA) is 155 Å². The maximum Gasteiger partial charge on any atom is 0.472 e. The SMILES string of the molecule is CC/C=C\C/C=C\C/C=C\C/C=C\CCC(=O)OC(COCCCCCCCCCCCC/C=C\C/C=C\CCCCCCC)COP(=O)(O)OCC(N)C(=O)O. The largest absolute Gasteiger partial charge is 0.480 e. The molecule has 0 spiro atoms. The first-order chi connectivity index (χ1) is 27.7. The van der Waals surface area contributed by atoms with E-state index in [2.05, 4.69) is 74.6 Å². The Hall–Kier alpha value is -2.59. The number of carbonyl (C=O) groups is 2. The molecular formula is C46H80NO9P. The molecule has 0 radical (unpaired) electrons. The fourth-order valence-electron chi connectivity index (χ4n) is 5.59. The Morgan fingerprint density at radius 2 is 1.02 bits per heavy atom. The monoisotopic (exact) mass is 822 g/mol. The Morgan fingerprint density at radius 1 is 0.579 bits per heavy atom. The summed E-state index contributed by atoms with van der Waals surface area (Å²) < 4.78 is 33.2. The number of ether oxygens (including phenoxy) is 2. The molecule has 0 rings (SSSR count). The quantitative estimate of drug-likeness (QED) is 0.0235. The van der Waals surface area contributed by atoms with Crippen molar-refractivity contribution in [3.63, 3.8) is 0 Å². The zero-order chi connectivity index (χ0) is 41.9. The fourth-order valence-corrected chi connectivity index (χ4v) is 6.37. The zero-order valence-corrected chi connectivity index (χ0v) is 36.6. The molecule has 0 aromatic heterocycles. The summed E-state index contributed by atoms with van der Waals surface area (Å²) >= 11 is 0. The molecule has 0 saturated heterocycles. The van der Waals surface area contributed by atoms with Crippen molar-refractivity contribution in [2.24, 2.45) is 5.73 Å². The number of carboxylic acid groups (broad SMARTS) is 1. The highest BCUT2D eigenvalue weighted by Gasteiger charge is 2.27. The molecule has 0 fully saturated rings. The zero-order valence-electron chi connectivity index (χ0n) is 35.7. The van der Waals surface area contributed by atoms with Crippen molar-refractivity contribution in [2.45, 2.75) is 180 Å². The van der Waals surface area contributed by atoms with Gasteiger partial charge in [-0.05, 0) is 70.6 Å². The van der Waals surface area contributed by atoms with Crippen molar-refractivity contribution in [3.05, 3.63) is 72.9 Å². The second-order valence-corrected chi connectivity index (χ2v) is 15.9. The number of aliphatic carboxylic acids is 1. The molecule has 10 nitrogen and oxygen atoms in total. The minimum Gasteiger partial charge on any atom is -0.480 e. The van der Waals surface area contributed by atoms with E-state index in [9.17, 15) is 19.0 Å². The first-order valence-corrected chi connectivity index (χ1v) is 23.5. The minimum atomic E-state index is -4.64. The summed E-state index contributed by atoms with van der Waals surface area (Å²) in [4.78, 5) is 33.4. The van der Waals surface area contributed by atoms with Gasteiger partial charge in [0, 0.05) is 13.0 Å². The molecule has 3 atom stereocenters. The fraction of sp³-hybridized carbons (Fsp3) is 0.696. The summed E-state index contributed by atoms with van der Waals surface area (Å²) in [6, 6.07) is -1.49. The van der Waals surface area contributed by atoms with Crippen LogP contribution in [0.15, 0.2) is 72.9 Å². The van der Waals surface area contributed by atoms with Crippen LogP contribution in [0.4, 0.5) is 0 Å². The first-order valence-electron chi connectivity index (χ1n) is 22.0. The predicted molar refractivity (Wildman–Crippen MR) is 235 cm³/mol. The van der Waals surface area contributed by atoms with Gasteiger partial charge in [0.05, 0.1) is 19.8 Å². The Morgan fingerprint density at radius 3 is 1.53 bits per heavy atom. The van der Waals surface area contributed by atoms with Crippen molar-refractivity contribution in [1.29, 1.82) is 0 Å². The average molecular weight is 822 g/mol. The third-order valence-corrected chi connectivity index (χ3v) is 9.93. The molecule has 0 aromatic carbocycles. The molecule has 0 aromatic rings. The lowest BCUT2D eigenvalue weighted by molar-refractivity contribution is -0.154. The third-order valence-electron chi connectivity index (χ3n) is 8.98. The highest BCUT2D eigenvalue weighted by molar-refractivity contribution is 7.47. The van der Waals surface area contributed by atoms with Crippen LogP contribution >= 0.6 is 7.82 Å². The maximum absolute atomic E-state index is 12.6. The standard InChI is InChI=1S/C46H80NO9P/c1-3-5-7-9-11-13-15-17-18-19-20-21-22-23-24-25-27-29-31-33-35-37-39-53-40-43(41-54-57(51,52)55-42-44(47)46(49)50)56-45(48)38-36-34-32-30-28-26-16-14-12-10-8-6-4-2/h6,8,12,14-15,17,19-20,26,28,32,34,43-44H,3-5,7,9-11,13,16,18,21-25,27,29-31,33,35-42,47H2,1-2H3,(H,49,50)(H,51,52)/b8-6-,14-12-,17-15-,20-19-,28-26-,34-32-. The Kier molecular flexibility index (Phi) is 39.7. The lowest BCUT2D eigenvalue weighted by atomic mass is 10.1. The molecule has 0 bridgehead atoms. The van der Waals surface area contributed by atoms with Crippen LogP contribution in [0, 0.1) is 0 Å². The Labute approximate surface area is 346 Å². The Bertz CT molecular complexity index is 1180. The van der Waals surface area contributed by atoms with Gasteiger partial charge in [-0.25, -0.2) is 4.57 Å². The summed E-state index contributed by atoms with van der Waals surface area (Å²) in [6.45, 7) is 3.64. The molecule has 0 amide bonds. The van der Waals surface area contributed by atoms with Gasteiger partial charge in [0.15, 0.2) is 0 Å². The van der Waals surface area contributed by atoms with Crippen LogP contribution in [0.25, 0.3) is 0 Å². The maximum atomic E-state index is 12.6. The molecule has 3 unspecified atom stereocenters. The van der Waals surface area contributed by atoms with Gasteiger partial charge in [-0.2, -0.15) is 0 Å². The van der Waals surface area contributed by atoms with Gasteiger partial charge in [-0.3, -0.25) is 18.6 Å². The van der Waals surface area contributed by atoms with Crippen molar-refractivity contribution >= 4 is 19.8 Å².